The molecule has 0 saturated carbocycles. The van der Waals surface area contributed by atoms with E-state index in [1.807, 2.05) is 18.4 Å². The van der Waals surface area contributed by atoms with Crippen LogP contribution in [0.3, 0.4) is 0 Å². The maximum absolute atomic E-state index is 3.65. The lowest BCUT2D eigenvalue weighted by Gasteiger charge is -2.15. The Morgan fingerprint density at radius 3 is 2.39 bits per heavy atom. The Morgan fingerprint density at radius 1 is 1.22 bits per heavy atom. The zero-order valence-electron chi connectivity index (χ0n) is 10.3. The van der Waals surface area contributed by atoms with Gasteiger partial charge in [0.25, 0.3) is 0 Å². The molecule has 1 atom stereocenters. The molecule has 0 fully saturated rings. The summed E-state index contributed by atoms with van der Waals surface area (Å²) in [5.74, 6) is 0. The molecule has 0 aliphatic heterocycles. The lowest BCUT2D eigenvalue weighted by atomic mass is 10.1. The standard InChI is InChI=1S/C14H15Br2NS/c1-9-7-12(16)14(18-9)13(17-2)8-10-3-5-11(15)6-4-10/h3-7,13,17H,8H2,1-2H3. The van der Waals surface area contributed by atoms with Gasteiger partial charge in [-0.1, -0.05) is 28.1 Å². The monoisotopic (exact) mass is 387 g/mol. The molecule has 0 amide bonds. The van der Waals surface area contributed by atoms with Gasteiger partial charge < -0.3 is 5.32 Å². The fraction of sp³-hybridized carbons (Fsp3) is 0.286. The van der Waals surface area contributed by atoms with Crippen LogP contribution < -0.4 is 5.32 Å². The van der Waals surface area contributed by atoms with E-state index in [1.165, 1.54) is 19.8 Å². The van der Waals surface area contributed by atoms with Crippen molar-refractivity contribution in [2.24, 2.45) is 0 Å². The van der Waals surface area contributed by atoms with Crippen LogP contribution in [0.25, 0.3) is 0 Å². The average Bonchev–Trinajstić information content (AvgIpc) is 2.68. The van der Waals surface area contributed by atoms with Gasteiger partial charge in [0.1, 0.15) is 0 Å². The Labute approximate surface area is 129 Å². The van der Waals surface area contributed by atoms with Crippen LogP contribution >= 0.6 is 43.2 Å². The summed E-state index contributed by atoms with van der Waals surface area (Å²) in [6.45, 7) is 2.14. The highest BCUT2D eigenvalue weighted by Crippen LogP contribution is 2.33. The van der Waals surface area contributed by atoms with Crippen LogP contribution in [0.1, 0.15) is 21.4 Å². The Kier molecular flexibility index (Phi) is 5.01. The van der Waals surface area contributed by atoms with Crippen LogP contribution in [-0.4, -0.2) is 7.05 Å². The fourth-order valence-corrected chi connectivity index (χ4v) is 4.22. The van der Waals surface area contributed by atoms with Crippen LogP contribution in [0.15, 0.2) is 39.3 Å². The number of nitrogens with one attached hydrogen (secondary N) is 1. The molecular weight excluding hydrogens is 374 g/mol. The first-order valence-electron chi connectivity index (χ1n) is 5.77. The average molecular weight is 389 g/mol. The van der Waals surface area contributed by atoms with Gasteiger partial charge in [0.05, 0.1) is 0 Å². The van der Waals surface area contributed by atoms with Gasteiger partial charge >= 0.3 is 0 Å². The SMILES string of the molecule is CNC(Cc1ccc(Br)cc1)c1sc(C)cc1Br. The number of hydrogen-bond acceptors (Lipinski definition) is 2. The smallest absolute Gasteiger partial charge is 0.0464 e. The van der Waals surface area contributed by atoms with E-state index in [1.54, 1.807) is 0 Å². The molecule has 0 bridgehead atoms. The molecule has 96 valence electrons. The molecule has 1 N–H and O–H groups in total. The molecule has 2 aromatic rings. The molecule has 0 spiro atoms. The summed E-state index contributed by atoms with van der Waals surface area (Å²) in [7, 11) is 2.02. The highest BCUT2D eigenvalue weighted by molar-refractivity contribution is 9.10. The molecule has 0 aliphatic rings. The minimum atomic E-state index is 0.360. The molecule has 2 rings (SSSR count). The van der Waals surface area contributed by atoms with Crippen molar-refractivity contribution in [1.29, 1.82) is 0 Å². The maximum Gasteiger partial charge on any atom is 0.0464 e. The lowest BCUT2D eigenvalue weighted by molar-refractivity contribution is 0.600. The molecule has 0 saturated heterocycles. The predicted molar refractivity (Wildman–Crippen MR) is 86.4 cm³/mol. The van der Waals surface area contributed by atoms with Gasteiger partial charge in [-0.15, -0.1) is 11.3 Å². The first-order chi connectivity index (χ1) is 8.60. The van der Waals surface area contributed by atoms with E-state index in [-0.39, 0.29) is 0 Å². The zero-order chi connectivity index (χ0) is 13.1. The van der Waals surface area contributed by atoms with Crippen molar-refractivity contribution in [1.82, 2.24) is 5.32 Å². The Balaban J connectivity index is 2.19. The third kappa shape index (κ3) is 3.44. The molecular formula is C14H15Br2NS. The van der Waals surface area contributed by atoms with Crippen molar-refractivity contribution < 1.29 is 0 Å². The van der Waals surface area contributed by atoms with Gasteiger partial charge in [-0.25, -0.2) is 0 Å². The van der Waals surface area contributed by atoms with Gasteiger partial charge in [-0.05, 0) is 60.1 Å². The van der Waals surface area contributed by atoms with Crippen molar-refractivity contribution in [3.8, 4) is 0 Å². The summed E-state index contributed by atoms with van der Waals surface area (Å²) < 4.78 is 2.34. The van der Waals surface area contributed by atoms with Crippen molar-refractivity contribution in [3.05, 3.63) is 54.6 Å². The number of rotatable bonds is 4. The molecule has 1 aromatic carbocycles. The molecule has 4 heteroatoms. The summed E-state index contributed by atoms with van der Waals surface area (Å²) in [6, 6.07) is 11.1. The number of halogens is 2. The van der Waals surface area contributed by atoms with Crippen LogP contribution in [0.2, 0.25) is 0 Å². The van der Waals surface area contributed by atoms with E-state index >= 15 is 0 Å². The van der Waals surface area contributed by atoms with Crippen LogP contribution in [-0.2, 0) is 6.42 Å². The van der Waals surface area contributed by atoms with Crippen molar-refractivity contribution in [3.63, 3.8) is 0 Å². The molecule has 18 heavy (non-hydrogen) atoms. The highest BCUT2D eigenvalue weighted by Gasteiger charge is 2.16. The molecule has 1 nitrogen and oxygen atoms in total. The van der Waals surface area contributed by atoms with E-state index in [4.69, 9.17) is 0 Å². The van der Waals surface area contributed by atoms with Crippen molar-refractivity contribution in [2.75, 3.05) is 7.05 Å². The first kappa shape index (κ1) is 14.3. The van der Waals surface area contributed by atoms with E-state index < -0.39 is 0 Å². The minimum absolute atomic E-state index is 0.360. The minimum Gasteiger partial charge on any atom is -0.312 e. The van der Waals surface area contributed by atoms with Crippen LogP contribution in [0.4, 0.5) is 0 Å². The van der Waals surface area contributed by atoms with E-state index in [9.17, 15) is 0 Å². The number of likely N-dealkylation sites (N-methyl/N-ethyl adjacent to an activating group) is 1. The molecule has 0 aliphatic carbocycles. The second-order valence-electron chi connectivity index (χ2n) is 4.24. The molecule has 0 radical (unpaired) electrons. The lowest BCUT2D eigenvalue weighted by Crippen LogP contribution is -2.18. The summed E-state index contributed by atoms with van der Waals surface area (Å²) in [5, 5.41) is 3.40. The Hall–Kier alpha value is -0.160. The van der Waals surface area contributed by atoms with E-state index in [2.05, 4.69) is 74.4 Å². The third-order valence-electron chi connectivity index (χ3n) is 2.85. The van der Waals surface area contributed by atoms with Gasteiger partial charge in [0.2, 0.25) is 0 Å². The molecule has 1 unspecified atom stereocenters. The predicted octanol–water partition coefficient (Wildman–Crippen LogP) is 5.08. The van der Waals surface area contributed by atoms with Gasteiger partial charge in [0.15, 0.2) is 0 Å². The number of benzene rings is 1. The van der Waals surface area contributed by atoms with Crippen LogP contribution in [0, 0.1) is 6.92 Å². The Bertz CT molecular complexity index is 519. The maximum atomic E-state index is 3.65. The second kappa shape index (κ2) is 6.33. The van der Waals surface area contributed by atoms with E-state index in [0.717, 1.165) is 10.9 Å². The normalized spacial score (nSPS) is 12.7. The number of thiophene rings is 1. The molecule has 1 heterocycles. The largest absolute Gasteiger partial charge is 0.312 e. The van der Waals surface area contributed by atoms with Gasteiger partial charge in [-0.2, -0.15) is 0 Å². The molecule has 1 aromatic heterocycles. The first-order valence-corrected chi connectivity index (χ1v) is 8.18. The summed E-state index contributed by atoms with van der Waals surface area (Å²) >= 11 is 8.96. The summed E-state index contributed by atoms with van der Waals surface area (Å²) in [4.78, 5) is 2.71. The Morgan fingerprint density at radius 2 is 1.89 bits per heavy atom. The fourth-order valence-electron chi connectivity index (χ4n) is 1.92. The number of aryl methyl sites for hydroxylation is 1. The van der Waals surface area contributed by atoms with E-state index in [0.29, 0.717) is 6.04 Å². The topological polar surface area (TPSA) is 12.0 Å². The zero-order valence-corrected chi connectivity index (χ0v) is 14.3. The third-order valence-corrected chi connectivity index (χ3v) is 5.47. The van der Waals surface area contributed by atoms with Crippen molar-refractivity contribution >= 4 is 43.2 Å². The van der Waals surface area contributed by atoms with Crippen LogP contribution in [0.5, 0.6) is 0 Å². The summed E-state index contributed by atoms with van der Waals surface area (Å²) in [6.07, 6.45) is 1.00. The number of hydrogen-bond donors (Lipinski definition) is 1. The quantitative estimate of drug-likeness (QED) is 0.769. The highest BCUT2D eigenvalue weighted by atomic mass is 79.9. The van der Waals surface area contributed by atoms with Gasteiger partial charge in [0, 0.05) is 24.7 Å². The van der Waals surface area contributed by atoms with Crippen molar-refractivity contribution in [2.45, 2.75) is 19.4 Å². The van der Waals surface area contributed by atoms with Gasteiger partial charge in [-0.3, -0.25) is 0 Å². The summed E-state index contributed by atoms with van der Waals surface area (Å²) in [5.41, 5.74) is 1.34. The second-order valence-corrected chi connectivity index (χ2v) is 7.30.